The van der Waals surface area contributed by atoms with Gasteiger partial charge in [-0.3, -0.25) is 4.79 Å². The van der Waals surface area contributed by atoms with Crippen molar-refractivity contribution < 1.29 is 4.79 Å². The Bertz CT molecular complexity index is 941. The van der Waals surface area contributed by atoms with E-state index in [1.165, 1.54) is 17.3 Å². The summed E-state index contributed by atoms with van der Waals surface area (Å²) in [5.41, 5.74) is 6.03. The average molecular weight is 355 g/mol. The van der Waals surface area contributed by atoms with Crippen LogP contribution in [-0.4, -0.2) is 36.3 Å². The molecular weight excluding hydrogens is 334 g/mol. The van der Waals surface area contributed by atoms with Crippen molar-refractivity contribution in [1.29, 1.82) is 0 Å². The first-order valence-corrected chi connectivity index (χ1v) is 9.02. The number of carbonyl (C=O) groups excluding carboxylic acids is 1. The molecule has 7 heteroatoms. The molecule has 0 atom stereocenters. The minimum absolute atomic E-state index is 0.0846. The highest BCUT2D eigenvalue weighted by atomic mass is 32.2. The second-order valence-corrected chi connectivity index (χ2v) is 7.16. The number of hydrogen-bond donors (Lipinski definition) is 0. The summed E-state index contributed by atoms with van der Waals surface area (Å²) in [6.45, 7) is 8.04. The Hall–Kier alpha value is -2.41. The van der Waals surface area contributed by atoms with Crippen LogP contribution < -0.4 is 0 Å². The van der Waals surface area contributed by atoms with Crippen LogP contribution in [0.5, 0.6) is 0 Å². The van der Waals surface area contributed by atoms with E-state index < -0.39 is 0 Å². The maximum atomic E-state index is 12.6. The standard InChI is InChI=1S/C18H21N5OS/c1-11-6-7-16(12(2)8-11)23-18(19-20-21-23)25-10-17(24)15-9-13(3)22(5)14(15)4/h6-9H,10H2,1-5H3. The predicted molar refractivity (Wildman–Crippen MR) is 98.6 cm³/mol. The van der Waals surface area contributed by atoms with E-state index in [1.54, 1.807) is 4.68 Å². The highest BCUT2D eigenvalue weighted by Crippen LogP contribution is 2.23. The van der Waals surface area contributed by atoms with Crippen LogP contribution in [0.3, 0.4) is 0 Å². The van der Waals surface area contributed by atoms with Crippen molar-refractivity contribution in [3.8, 4) is 5.69 Å². The van der Waals surface area contributed by atoms with Gasteiger partial charge in [0.05, 0.1) is 11.4 Å². The number of thioether (sulfide) groups is 1. The third-order valence-corrected chi connectivity index (χ3v) is 5.35. The number of ketones is 1. The summed E-state index contributed by atoms with van der Waals surface area (Å²) in [6, 6.07) is 8.05. The Morgan fingerprint density at radius 3 is 2.56 bits per heavy atom. The molecule has 0 unspecified atom stereocenters. The van der Waals surface area contributed by atoms with Gasteiger partial charge in [-0.25, -0.2) is 0 Å². The van der Waals surface area contributed by atoms with E-state index >= 15 is 0 Å². The molecule has 0 aliphatic carbocycles. The van der Waals surface area contributed by atoms with Crippen molar-refractivity contribution in [2.24, 2.45) is 7.05 Å². The summed E-state index contributed by atoms with van der Waals surface area (Å²) in [5, 5.41) is 12.5. The van der Waals surface area contributed by atoms with Gasteiger partial charge < -0.3 is 4.57 Å². The summed E-state index contributed by atoms with van der Waals surface area (Å²) in [4.78, 5) is 12.6. The van der Waals surface area contributed by atoms with E-state index in [0.29, 0.717) is 10.9 Å². The molecule has 3 aromatic rings. The van der Waals surface area contributed by atoms with Crippen LogP contribution in [0.15, 0.2) is 29.4 Å². The van der Waals surface area contributed by atoms with Gasteiger partial charge in [0, 0.05) is 24.0 Å². The minimum Gasteiger partial charge on any atom is -0.351 e. The van der Waals surface area contributed by atoms with Crippen molar-refractivity contribution in [3.63, 3.8) is 0 Å². The molecule has 0 spiro atoms. The van der Waals surface area contributed by atoms with Crippen molar-refractivity contribution >= 4 is 17.5 Å². The molecule has 0 saturated heterocycles. The molecule has 0 fully saturated rings. The van der Waals surface area contributed by atoms with Crippen LogP contribution in [0.1, 0.15) is 32.9 Å². The van der Waals surface area contributed by atoms with Crippen molar-refractivity contribution in [2.45, 2.75) is 32.9 Å². The topological polar surface area (TPSA) is 65.6 Å². The number of aromatic nitrogens is 5. The normalized spacial score (nSPS) is 11.1. The van der Waals surface area contributed by atoms with Gasteiger partial charge in [0.2, 0.25) is 5.16 Å². The zero-order valence-corrected chi connectivity index (χ0v) is 15.9. The zero-order valence-electron chi connectivity index (χ0n) is 15.1. The van der Waals surface area contributed by atoms with Gasteiger partial charge in [-0.2, -0.15) is 4.68 Å². The summed E-state index contributed by atoms with van der Waals surface area (Å²) >= 11 is 1.36. The molecule has 0 saturated carbocycles. The largest absolute Gasteiger partial charge is 0.351 e. The highest BCUT2D eigenvalue weighted by molar-refractivity contribution is 7.99. The highest BCUT2D eigenvalue weighted by Gasteiger charge is 2.17. The van der Waals surface area contributed by atoms with E-state index in [2.05, 4.69) is 28.5 Å². The molecule has 2 heterocycles. The summed E-state index contributed by atoms with van der Waals surface area (Å²) in [6.07, 6.45) is 0. The number of hydrogen-bond acceptors (Lipinski definition) is 5. The van der Waals surface area contributed by atoms with Gasteiger partial charge in [-0.05, 0) is 55.8 Å². The molecule has 130 valence electrons. The lowest BCUT2D eigenvalue weighted by Crippen LogP contribution is -2.07. The Morgan fingerprint density at radius 1 is 1.16 bits per heavy atom. The second-order valence-electron chi connectivity index (χ2n) is 6.22. The molecule has 0 aliphatic heterocycles. The maximum Gasteiger partial charge on any atom is 0.214 e. The molecule has 0 aliphatic rings. The first kappa shape index (κ1) is 17.4. The van der Waals surface area contributed by atoms with E-state index in [9.17, 15) is 4.79 Å². The molecule has 1 aromatic carbocycles. The smallest absolute Gasteiger partial charge is 0.214 e. The van der Waals surface area contributed by atoms with Crippen molar-refractivity contribution in [2.75, 3.05) is 5.75 Å². The molecule has 3 rings (SSSR count). The fourth-order valence-electron chi connectivity index (χ4n) is 2.81. The average Bonchev–Trinajstić information content (AvgIpc) is 3.13. The van der Waals surface area contributed by atoms with Gasteiger partial charge >= 0.3 is 0 Å². The molecule has 0 amide bonds. The van der Waals surface area contributed by atoms with E-state index in [-0.39, 0.29) is 5.78 Å². The third kappa shape index (κ3) is 3.37. The Morgan fingerprint density at radius 2 is 1.92 bits per heavy atom. The Kier molecular flexibility index (Phi) is 4.76. The molecule has 0 bridgehead atoms. The third-order valence-electron chi connectivity index (χ3n) is 4.43. The Labute approximate surface area is 151 Å². The molecule has 0 N–H and O–H groups in total. The lowest BCUT2D eigenvalue weighted by atomic mass is 10.1. The molecule has 2 aromatic heterocycles. The van der Waals surface area contributed by atoms with Crippen LogP contribution in [-0.2, 0) is 7.05 Å². The van der Waals surface area contributed by atoms with E-state index in [1.807, 2.05) is 50.6 Å². The number of Topliss-reactive ketones (excluding diaryl/α,β-unsaturated/α-hetero) is 1. The number of tetrazole rings is 1. The monoisotopic (exact) mass is 355 g/mol. The van der Waals surface area contributed by atoms with Crippen LogP contribution in [0, 0.1) is 27.7 Å². The fraction of sp³-hybridized carbons (Fsp3) is 0.333. The predicted octanol–water partition coefficient (Wildman–Crippen LogP) is 3.21. The number of rotatable bonds is 5. The Balaban J connectivity index is 1.80. The molecule has 25 heavy (non-hydrogen) atoms. The van der Waals surface area contributed by atoms with Gasteiger partial charge in [0.15, 0.2) is 5.78 Å². The van der Waals surface area contributed by atoms with Crippen LogP contribution in [0.25, 0.3) is 5.69 Å². The second kappa shape index (κ2) is 6.84. The summed E-state index contributed by atoms with van der Waals surface area (Å²) in [5.74, 6) is 0.386. The van der Waals surface area contributed by atoms with Crippen molar-refractivity contribution in [3.05, 3.63) is 52.3 Å². The molecular formula is C18H21N5OS. The van der Waals surface area contributed by atoms with E-state index in [4.69, 9.17) is 0 Å². The van der Waals surface area contributed by atoms with Gasteiger partial charge in [-0.1, -0.05) is 29.5 Å². The lowest BCUT2D eigenvalue weighted by Gasteiger charge is -2.08. The lowest BCUT2D eigenvalue weighted by molar-refractivity contribution is 0.102. The molecule has 6 nitrogen and oxygen atoms in total. The first-order valence-electron chi connectivity index (χ1n) is 8.03. The number of benzene rings is 1. The quantitative estimate of drug-likeness (QED) is 0.519. The van der Waals surface area contributed by atoms with Crippen LogP contribution >= 0.6 is 11.8 Å². The summed E-state index contributed by atoms with van der Waals surface area (Å²) < 4.78 is 3.72. The van der Waals surface area contributed by atoms with Crippen LogP contribution in [0.2, 0.25) is 0 Å². The van der Waals surface area contributed by atoms with Gasteiger partial charge in [0.1, 0.15) is 0 Å². The van der Waals surface area contributed by atoms with Gasteiger partial charge in [-0.15, -0.1) is 5.10 Å². The number of carbonyl (C=O) groups is 1. The minimum atomic E-state index is 0.0846. The number of nitrogens with zero attached hydrogens (tertiary/aromatic N) is 5. The number of aryl methyl sites for hydroxylation is 3. The first-order chi connectivity index (χ1) is 11.9. The van der Waals surface area contributed by atoms with Gasteiger partial charge in [0.25, 0.3) is 0 Å². The molecule has 0 radical (unpaired) electrons. The summed E-state index contributed by atoms with van der Waals surface area (Å²) in [7, 11) is 1.97. The zero-order chi connectivity index (χ0) is 18.1. The van der Waals surface area contributed by atoms with Crippen molar-refractivity contribution in [1.82, 2.24) is 24.8 Å². The fourth-order valence-corrected chi connectivity index (χ4v) is 3.58. The maximum absolute atomic E-state index is 12.6. The van der Waals surface area contributed by atoms with E-state index in [0.717, 1.165) is 28.2 Å². The van der Waals surface area contributed by atoms with Crippen LogP contribution in [0.4, 0.5) is 0 Å². The SMILES string of the molecule is Cc1ccc(-n2nnnc2SCC(=O)c2cc(C)n(C)c2C)c(C)c1.